The molecular formula is C23H23F2N5O2. The molecule has 0 radical (unpaired) electrons. The molecule has 0 bridgehead atoms. The molecule has 7 nitrogen and oxygen atoms in total. The van der Waals surface area contributed by atoms with E-state index in [9.17, 15) is 18.7 Å². The zero-order chi connectivity index (χ0) is 22.9. The number of amides is 1. The number of phenols is 1. The Bertz CT molecular complexity index is 1150. The number of hydrogen-bond acceptors (Lipinski definition) is 6. The van der Waals surface area contributed by atoms with Crippen molar-refractivity contribution in [2.24, 2.45) is 0 Å². The van der Waals surface area contributed by atoms with Crippen LogP contribution in [0.25, 0.3) is 11.3 Å². The van der Waals surface area contributed by atoms with Crippen molar-refractivity contribution in [1.29, 1.82) is 0 Å². The third-order valence-electron chi connectivity index (χ3n) is 5.76. The number of phenolic OH excluding ortho intramolecular Hbond substituents is 1. The van der Waals surface area contributed by atoms with Crippen LogP contribution < -0.4 is 10.6 Å². The third-order valence-corrected chi connectivity index (χ3v) is 5.76. The number of carbonyl (C=O) groups excluding carboxylic acids is 1. The van der Waals surface area contributed by atoms with Gasteiger partial charge in [-0.15, -0.1) is 10.2 Å². The maximum Gasteiger partial charge on any atom is 0.254 e. The molecule has 9 heteroatoms. The number of nitrogens with one attached hydrogen (secondary N) is 2. The van der Waals surface area contributed by atoms with Gasteiger partial charge in [0, 0.05) is 30.8 Å². The molecule has 1 aliphatic carbocycles. The minimum Gasteiger partial charge on any atom is -0.506 e. The van der Waals surface area contributed by atoms with Crippen molar-refractivity contribution in [3.8, 4) is 17.0 Å². The van der Waals surface area contributed by atoms with Gasteiger partial charge in [-0.05, 0) is 61.7 Å². The van der Waals surface area contributed by atoms with Gasteiger partial charge in [-0.3, -0.25) is 9.78 Å². The highest BCUT2D eigenvalue weighted by molar-refractivity contribution is 5.99. The summed E-state index contributed by atoms with van der Waals surface area (Å²) < 4.78 is 28.0. The fourth-order valence-electron chi connectivity index (χ4n) is 4.10. The maximum absolute atomic E-state index is 14.3. The fraction of sp³-hybridized carbons (Fsp3) is 0.304. The van der Waals surface area contributed by atoms with E-state index in [1.165, 1.54) is 25.4 Å². The quantitative estimate of drug-likeness (QED) is 0.543. The second-order valence-corrected chi connectivity index (χ2v) is 8.06. The van der Waals surface area contributed by atoms with Gasteiger partial charge in [-0.25, -0.2) is 8.78 Å². The van der Waals surface area contributed by atoms with Crippen LogP contribution in [0.2, 0.25) is 0 Å². The summed E-state index contributed by atoms with van der Waals surface area (Å²) in [5, 5.41) is 24.4. The normalized spacial score (nSPS) is 19.8. The lowest BCUT2D eigenvalue weighted by molar-refractivity contribution is 0.0957. The lowest BCUT2D eigenvalue weighted by atomic mass is 9.65. The summed E-state index contributed by atoms with van der Waals surface area (Å²) in [5.41, 5.74) is 1.20. The Balaban J connectivity index is 1.55. The summed E-state index contributed by atoms with van der Waals surface area (Å²) in [6, 6.07) is 9.46. The number of pyridine rings is 1. The monoisotopic (exact) mass is 439 g/mol. The van der Waals surface area contributed by atoms with E-state index in [1.54, 1.807) is 24.3 Å². The SMILES string of the molecule is CNC(=O)c1cc(C)cc(-c2ccc(NC[C@]3(c4ncccc4F)C[C@H](F)C3)nn2)c1O. The van der Waals surface area contributed by atoms with E-state index >= 15 is 0 Å². The van der Waals surface area contributed by atoms with Crippen LogP contribution >= 0.6 is 0 Å². The number of aryl methyl sites for hydroxylation is 1. The lowest BCUT2D eigenvalue weighted by Gasteiger charge is -2.44. The fourth-order valence-corrected chi connectivity index (χ4v) is 4.10. The number of alkyl halides is 1. The summed E-state index contributed by atoms with van der Waals surface area (Å²) in [6.45, 7) is 2.07. The van der Waals surface area contributed by atoms with Gasteiger partial charge in [0.25, 0.3) is 5.91 Å². The molecular weight excluding hydrogens is 416 g/mol. The van der Waals surface area contributed by atoms with Crippen molar-refractivity contribution in [3.05, 3.63) is 65.2 Å². The molecule has 0 atom stereocenters. The molecule has 0 unspecified atom stereocenters. The Morgan fingerprint density at radius 3 is 2.66 bits per heavy atom. The molecule has 1 aromatic carbocycles. The largest absolute Gasteiger partial charge is 0.506 e. The van der Waals surface area contributed by atoms with Crippen LogP contribution in [-0.4, -0.2) is 46.0 Å². The van der Waals surface area contributed by atoms with E-state index in [-0.39, 0.29) is 36.4 Å². The molecule has 1 fully saturated rings. The molecule has 166 valence electrons. The van der Waals surface area contributed by atoms with Crippen LogP contribution in [-0.2, 0) is 5.41 Å². The molecule has 2 heterocycles. The smallest absolute Gasteiger partial charge is 0.254 e. The molecule has 2 aromatic heterocycles. The van der Waals surface area contributed by atoms with Crippen LogP contribution in [0.15, 0.2) is 42.6 Å². The first-order chi connectivity index (χ1) is 15.3. The van der Waals surface area contributed by atoms with Gasteiger partial charge in [0.05, 0.1) is 17.0 Å². The highest BCUT2D eigenvalue weighted by atomic mass is 19.1. The van der Waals surface area contributed by atoms with Crippen molar-refractivity contribution in [2.45, 2.75) is 31.4 Å². The van der Waals surface area contributed by atoms with Gasteiger partial charge in [0.2, 0.25) is 0 Å². The van der Waals surface area contributed by atoms with Crippen LogP contribution in [0.5, 0.6) is 5.75 Å². The van der Waals surface area contributed by atoms with E-state index in [2.05, 4.69) is 25.8 Å². The Morgan fingerprint density at radius 1 is 1.25 bits per heavy atom. The van der Waals surface area contributed by atoms with E-state index in [0.29, 0.717) is 17.1 Å². The zero-order valence-electron chi connectivity index (χ0n) is 17.7. The van der Waals surface area contributed by atoms with Crippen LogP contribution in [0.1, 0.15) is 34.5 Å². The number of aromatic hydroxyl groups is 1. The number of hydrogen-bond donors (Lipinski definition) is 3. The van der Waals surface area contributed by atoms with Crippen LogP contribution in [0.3, 0.4) is 0 Å². The molecule has 3 aromatic rings. The van der Waals surface area contributed by atoms with Gasteiger partial charge in [-0.2, -0.15) is 0 Å². The molecule has 1 saturated carbocycles. The van der Waals surface area contributed by atoms with Crippen molar-refractivity contribution in [3.63, 3.8) is 0 Å². The van der Waals surface area contributed by atoms with E-state index in [0.717, 1.165) is 5.56 Å². The molecule has 4 rings (SSSR count). The molecule has 0 spiro atoms. The number of nitrogens with zero attached hydrogens (tertiary/aromatic N) is 3. The van der Waals surface area contributed by atoms with Crippen molar-refractivity contribution in [1.82, 2.24) is 20.5 Å². The van der Waals surface area contributed by atoms with E-state index < -0.39 is 23.3 Å². The molecule has 1 aliphatic rings. The summed E-state index contributed by atoms with van der Waals surface area (Å²) in [7, 11) is 1.49. The van der Waals surface area contributed by atoms with Gasteiger partial charge >= 0.3 is 0 Å². The molecule has 3 N–H and O–H groups in total. The van der Waals surface area contributed by atoms with E-state index in [4.69, 9.17) is 0 Å². The van der Waals surface area contributed by atoms with Crippen molar-refractivity contribution < 1.29 is 18.7 Å². The Labute approximate surface area is 183 Å². The highest BCUT2D eigenvalue weighted by Gasteiger charge is 2.48. The first-order valence-electron chi connectivity index (χ1n) is 10.2. The Morgan fingerprint density at radius 2 is 2.03 bits per heavy atom. The maximum atomic E-state index is 14.3. The van der Waals surface area contributed by atoms with Crippen LogP contribution in [0.4, 0.5) is 14.6 Å². The topological polar surface area (TPSA) is 100 Å². The standard InChI is InChI=1S/C23H23F2N5O2/c1-13-8-15(20(31)16(9-13)22(32)26-2)18-5-6-19(30-29-18)28-12-23(10-14(24)11-23)21-17(25)4-3-7-27-21/h3-9,14,31H,10-12H2,1-2H3,(H,26,32)(H,28,30)/t14-,23-. The third kappa shape index (κ3) is 3.98. The van der Waals surface area contributed by atoms with Crippen LogP contribution in [0, 0.1) is 12.7 Å². The predicted molar refractivity (Wildman–Crippen MR) is 116 cm³/mol. The minimum atomic E-state index is -0.995. The Hall–Kier alpha value is -3.62. The zero-order valence-corrected chi connectivity index (χ0v) is 17.7. The first-order valence-corrected chi connectivity index (χ1v) is 10.2. The number of halogens is 2. The molecule has 1 amide bonds. The average molecular weight is 439 g/mol. The van der Waals surface area contributed by atoms with Crippen molar-refractivity contribution >= 4 is 11.7 Å². The number of benzene rings is 1. The van der Waals surface area contributed by atoms with Gasteiger partial charge in [-0.1, -0.05) is 0 Å². The average Bonchev–Trinajstić information content (AvgIpc) is 2.77. The molecule has 32 heavy (non-hydrogen) atoms. The number of rotatable bonds is 6. The summed E-state index contributed by atoms with van der Waals surface area (Å²) in [5.74, 6) is -0.620. The van der Waals surface area contributed by atoms with Crippen molar-refractivity contribution in [2.75, 3.05) is 18.9 Å². The van der Waals surface area contributed by atoms with Gasteiger partial charge in [0.15, 0.2) is 0 Å². The van der Waals surface area contributed by atoms with Gasteiger partial charge < -0.3 is 15.7 Å². The molecule has 0 aliphatic heterocycles. The second-order valence-electron chi connectivity index (χ2n) is 8.06. The summed E-state index contributed by atoms with van der Waals surface area (Å²) in [4.78, 5) is 16.2. The Kier molecular flexibility index (Phi) is 5.73. The minimum absolute atomic E-state index is 0.150. The van der Waals surface area contributed by atoms with Gasteiger partial charge in [0.1, 0.15) is 23.6 Å². The molecule has 0 saturated heterocycles. The summed E-state index contributed by atoms with van der Waals surface area (Å²) in [6.07, 6.45) is 0.866. The van der Waals surface area contributed by atoms with E-state index in [1.807, 2.05) is 6.92 Å². The second kappa shape index (κ2) is 8.49. The lowest BCUT2D eigenvalue weighted by Crippen LogP contribution is -2.49. The first kappa shape index (κ1) is 21.6. The predicted octanol–water partition coefficient (Wildman–Crippen LogP) is 3.53. The number of aromatic nitrogens is 3. The summed E-state index contributed by atoms with van der Waals surface area (Å²) >= 11 is 0. The number of carbonyl (C=O) groups is 1. The number of anilines is 1. The highest BCUT2D eigenvalue weighted by Crippen LogP contribution is 2.45.